The van der Waals surface area contributed by atoms with Gasteiger partial charge >= 0.3 is 0 Å². The standard InChI is InChI=1S/C17H26N2O2/c1-5-14(18)12-8-11(4)16-13(9-12)15(6-7-21-16)19-17(20)10(2)3/h8-10,14-15H,5-7,18H2,1-4H3,(H,19,20). The molecule has 0 spiro atoms. The zero-order valence-electron chi connectivity index (χ0n) is 13.4. The van der Waals surface area contributed by atoms with E-state index in [1.807, 2.05) is 20.8 Å². The van der Waals surface area contributed by atoms with Crippen molar-refractivity contribution in [1.29, 1.82) is 0 Å². The summed E-state index contributed by atoms with van der Waals surface area (Å²) < 4.78 is 5.80. The molecular formula is C17H26N2O2. The Morgan fingerprint density at radius 2 is 2.19 bits per heavy atom. The maximum Gasteiger partial charge on any atom is 0.223 e. The monoisotopic (exact) mass is 290 g/mol. The fraction of sp³-hybridized carbons (Fsp3) is 0.588. The van der Waals surface area contributed by atoms with Crippen LogP contribution in [0.1, 0.15) is 62.4 Å². The molecule has 0 radical (unpaired) electrons. The first-order valence-electron chi connectivity index (χ1n) is 7.77. The van der Waals surface area contributed by atoms with Crippen LogP contribution in [0, 0.1) is 12.8 Å². The van der Waals surface area contributed by atoms with E-state index in [1.54, 1.807) is 0 Å². The number of fused-ring (bicyclic) bond motifs is 1. The van der Waals surface area contributed by atoms with Crippen LogP contribution in [0.4, 0.5) is 0 Å². The first kappa shape index (κ1) is 15.8. The number of aryl methyl sites for hydroxylation is 1. The molecule has 1 aromatic rings. The second-order valence-electron chi connectivity index (χ2n) is 6.12. The van der Waals surface area contributed by atoms with Crippen molar-refractivity contribution in [2.75, 3.05) is 6.61 Å². The first-order chi connectivity index (χ1) is 9.93. The number of ether oxygens (including phenoxy) is 1. The topological polar surface area (TPSA) is 64.3 Å². The molecule has 1 aromatic carbocycles. The van der Waals surface area contributed by atoms with E-state index in [2.05, 4.69) is 24.4 Å². The van der Waals surface area contributed by atoms with Crippen molar-refractivity contribution in [3.8, 4) is 5.75 Å². The smallest absolute Gasteiger partial charge is 0.223 e. The summed E-state index contributed by atoms with van der Waals surface area (Å²) in [7, 11) is 0. The number of rotatable bonds is 4. The highest BCUT2D eigenvalue weighted by Crippen LogP contribution is 2.37. The van der Waals surface area contributed by atoms with E-state index in [0.29, 0.717) is 6.61 Å². The molecular weight excluding hydrogens is 264 g/mol. The Kier molecular flexibility index (Phi) is 4.88. The molecule has 0 saturated heterocycles. The molecule has 2 atom stereocenters. The molecule has 2 unspecified atom stereocenters. The van der Waals surface area contributed by atoms with Crippen molar-refractivity contribution >= 4 is 5.91 Å². The number of nitrogens with two attached hydrogens (primary N) is 1. The van der Waals surface area contributed by atoms with Gasteiger partial charge in [0.2, 0.25) is 5.91 Å². The highest BCUT2D eigenvalue weighted by atomic mass is 16.5. The molecule has 116 valence electrons. The third-order valence-corrected chi connectivity index (χ3v) is 4.06. The van der Waals surface area contributed by atoms with Gasteiger partial charge < -0.3 is 15.8 Å². The predicted octanol–water partition coefficient (Wildman–Crippen LogP) is 3.00. The van der Waals surface area contributed by atoms with Gasteiger partial charge in [-0.05, 0) is 30.5 Å². The summed E-state index contributed by atoms with van der Waals surface area (Å²) in [6.07, 6.45) is 1.69. The van der Waals surface area contributed by atoms with E-state index in [0.717, 1.165) is 35.3 Å². The summed E-state index contributed by atoms with van der Waals surface area (Å²) >= 11 is 0. The van der Waals surface area contributed by atoms with Crippen LogP contribution in [0.25, 0.3) is 0 Å². The van der Waals surface area contributed by atoms with E-state index in [9.17, 15) is 4.79 Å². The lowest BCUT2D eigenvalue weighted by atomic mass is 9.92. The van der Waals surface area contributed by atoms with Crippen molar-refractivity contribution in [2.45, 2.75) is 52.6 Å². The number of carbonyl (C=O) groups excluding carboxylic acids is 1. The Balaban J connectivity index is 2.35. The van der Waals surface area contributed by atoms with Gasteiger partial charge in [0.1, 0.15) is 5.75 Å². The Morgan fingerprint density at radius 1 is 1.48 bits per heavy atom. The fourth-order valence-corrected chi connectivity index (χ4v) is 2.66. The highest BCUT2D eigenvalue weighted by molar-refractivity contribution is 5.78. The zero-order valence-corrected chi connectivity index (χ0v) is 13.4. The van der Waals surface area contributed by atoms with Gasteiger partial charge in [0.05, 0.1) is 12.6 Å². The lowest BCUT2D eigenvalue weighted by Gasteiger charge is -2.29. The van der Waals surface area contributed by atoms with E-state index >= 15 is 0 Å². The summed E-state index contributed by atoms with van der Waals surface area (Å²) in [5, 5.41) is 3.13. The third kappa shape index (κ3) is 3.38. The van der Waals surface area contributed by atoms with Gasteiger partial charge in [0, 0.05) is 23.9 Å². The highest BCUT2D eigenvalue weighted by Gasteiger charge is 2.26. The Bertz CT molecular complexity index is 526. The number of carbonyl (C=O) groups is 1. The van der Waals surface area contributed by atoms with E-state index in [-0.39, 0.29) is 23.9 Å². The molecule has 1 amide bonds. The van der Waals surface area contributed by atoms with Gasteiger partial charge in [-0.2, -0.15) is 0 Å². The van der Waals surface area contributed by atoms with Crippen LogP contribution in [0.5, 0.6) is 5.75 Å². The van der Waals surface area contributed by atoms with Crippen molar-refractivity contribution in [3.05, 3.63) is 28.8 Å². The Hall–Kier alpha value is -1.55. The van der Waals surface area contributed by atoms with Crippen LogP contribution in [0.15, 0.2) is 12.1 Å². The number of hydrogen-bond acceptors (Lipinski definition) is 3. The van der Waals surface area contributed by atoms with Gasteiger partial charge in [0.15, 0.2) is 0 Å². The molecule has 0 fully saturated rings. The number of amides is 1. The molecule has 4 heteroatoms. The third-order valence-electron chi connectivity index (χ3n) is 4.06. The summed E-state index contributed by atoms with van der Waals surface area (Å²) in [5.41, 5.74) is 9.43. The molecule has 2 rings (SSSR count). The lowest BCUT2D eigenvalue weighted by molar-refractivity contribution is -0.124. The normalized spacial score (nSPS) is 18.9. The van der Waals surface area contributed by atoms with E-state index in [1.165, 1.54) is 0 Å². The van der Waals surface area contributed by atoms with E-state index < -0.39 is 0 Å². The van der Waals surface area contributed by atoms with Gasteiger partial charge in [-0.15, -0.1) is 0 Å². The van der Waals surface area contributed by atoms with E-state index in [4.69, 9.17) is 10.5 Å². The maximum absolute atomic E-state index is 12.0. The molecule has 0 saturated carbocycles. The van der Waals surface area contributed by atoms with Crippen LogP contribution >= 0.6 is 0 Å². The van der Waals surface area contributed by atoms with Gasteiger partial charge in [-0.3, -0.25) is 4.79 Å². The molecule has 0 aromatic heterocycles. The van der Waals surface area contributed by atoms with Crippen molar-refractivity contribution in [3.63, 3.8) is 0 Å². The van der Waals surface area contributed by atoms with Crippen molar-refractivity contribution in [1.82, 2.24) is 5.32 Å². The summed E-state index contributed by atoms with van der Waals surface area (Å²) in [5.74, 6) is 0.969. The van der Waals surface area contributed by atoms with Crippen LogP contribution in [-0.4, -0.2) is 12.5 Å². The van der Waals surface area contributed by atoms with Crippen LogP contribution in [0.3, 0.4) is 0 Å². The molecule has 21 heavy (non-hydrogen) atoms. The largest absolute Gasteiger partial charge is 0.493 e. The minimum Gasteiger partial charge on any atom is -0.493 e. The van der Waals surface area contributed by atoms with Gasteiger partial charge in [-0.1, -0.05) is 26.8 Å². The molecule has 0 bridgehead atoms. The second kappa shape index (κ2) is 6.48. The van der Waals surface area contributed by atoms with Gasteiger partial charge in [-0.25, -0.2) is 0 Å². The molecule has 1 aliphatic heterocycles. The number of nitrogens with one attached hydrogen (secondary N) is 1. The summed E-state index contributed by atoms with van der Waals surface area (Å²) in [4.78, 5) is 12.0. The molecule has 1 heterocycles. The quantitative estimate of drug-likeness (QED) is 0.896. The van der Waals surface area contributed by atoms with Crippen LogP contribution in [-0.2, 0) is 4.79 Å². The van der Waals surface area contributed by atoms with Crippen LogP contribution < -0.4 is 15.8 Å². The first-order valence-corrected chi connectivity index (χ1v) is 7.77. The zero-order chi connectivity index (χ0) is 15.6. The molecule has 3 N–H and O–H groups in total. The summed E-state index contributed by atoms with van der Waals surface area (Å²) in [6.45, 7) is 8.57. The van der Waals surface area contributed by atoms with Crippen LogP contribution in [0.2, 0.25) is 0 Å². The molecule has 4 nitrogen and oxygen atoms in total. The fourth-order valence-electron chi connectivity index (χ4n) is 2.66. The molecule has 1 aliphatic rings. The number of hydrogen-bond donors (Lipinski definition) is 2. The lowest BCUT2D eigenvalue weighted by Crippen LogP contribution is -2.35. The summed E-state index contributed by atoms with van der Waals surface area (Å²) in [6, 6.07) is 4.24. The Morgan fingerprint density at radius 3 is 2.81 bits per heavy atom. The Labute approximate surface area is 127 Å². The SMILES string of the molecule is CCC(N)c1cc(C)c2c(c1)C(NC(=O)C(C)C)CCO2. The minimum absolute atomic E-state index is 0.0153. The maximum atomic E-state index is 12.0. The van der Waals surface area contributed by atoms with Crippen molar-refractivity contribution < 1.29 is 9.53 Å². The second-order valence-corrected chi connectivity index (χ2v) is 6.12. The molecule has 0 aliphatic carbocycles. The average Bonchev–Trinajstić information content (AvgIpc) is 2.46. The minimum atomic E-state index is -0.0153. The van der Waals surface area contributed by atoms with Gasteiger partial charge in [0.25, 0.3) is 0 Å². The average molecular weight is 290 g/mol. The predicted molar refractivity (Wildman–Crippen MR) is 84.2 cm³/mol. The van der Waals surface area contributed by atoms with Crippen molar-refractivity contribution in [2.24, 2.45) is 11.7 Å². The number of benzene rings is 1.